The van der Waals surface area contributed by atoms with Gasteiger partial charge in [0, 0.05) is 37.9 Å². The van der Waals surface area contributed by atoms with Gasteiger partial charge in [-0.3, -0.25) is 4.98 Å². The van der Waals surface area contributed by atoms with Crippen LogP contribution in [0, 0.1) is 4.91 Å². The molecular formula is C14H21N3O4. The highest BCUT2D eigenvalue weighted by molar-refractivity contribution is 5.66. The highest BCUT2D eigenvalue weighted by Crippen LogP contribution is 2.20. The van der Waals surface area contributed by atoms with Crippen molar-refractivity contribution in [1.82, 2.24) is 4.98 Å². The van der Waals surface area contributed by atoms with Crippen LogP contribution in [-0.4, -0.2) is 43.0 Å². The number of hydrogen-bond acceptors (Lipinski definition) is 7. The summed E-state index contributed by atoms with van der Waals surface area (Å²) in [6, 6.07) is 2.76. The van der Waals surface area contributed by atoms with Gasteiger partial charge in [-0.05, 0) is 6.07 Å². The van der Waals surface area contributed by atoms with E-state index in [-0.39, 0.29) is 25.5 Å². The quantitative estimate of drug-likeness (QED) is 0.532. The maximum Gasteiger partial charge on any atom is 0.149 e. The van der Waals surface area contributed by atoms with Crippen LogP contribution in [0.3, 0.4) is 0 Å². The molecule has 116 valence electrons. The molecular weight excluding hydrogens is 274 g/mol. The maximum absolute atomic E-state index is 10.6. The monoisotopic (exact) mass is 295 g/mol. The molecule has 1 aromatic rings. The molecule has 0 fully saturated rings. The second-order valence-electron chi connectivity index (χ2n) is 4.39. The number of pyridine rings is 1. The van der Waals surface area contributed by atoms with Crippen molar-refractivity contribution in [3.8, 4) is 5.75 Å². The molecule has 1 aromatic heterocycles. The molecule has 21 heavy (non-hydrogen) atoms. The normalized spacial score (nSPS) is 13.5. The molecule has 1 heterocycles. The molecule has 7 nitrogen and oxygen atoms in total. The smallest absolute Gasteiger partial charge is 0.149 e. The fourth-order valence-electron chi connectivity index (χ4n) is 1.74. The fourth-order valence-corrected chi connectivity index (χ4v) is 1.74. The molecule has 0 radical (unpaired) electrons. The van der Waals surface area contributed by atoms with E-state index in [9.17, 15) is 10.0 Å². The lowest BCUT2D eigenvalue weighted by Gasteiger charge is -2.12. The van der Waals surface area contributed by atoms with Crippen LogP contribution >= 0.6 is 0 Å². The van der Waals surface area contributed by atoms with Gasteiger partial charge in [0.05, 0.1) is 18.1 Å². The molecule has 0 aliphatic heterocycles. The highest BCUT2D eigenvalue weighted by Gasteiger charge is 2.11. The third-order valence-corrected chi connectivity index (χ3v) is 2.88. The molecule has 0 aliphatic carbocycles. The van der Waals surface area contributed by atoms with E-state index in [1.165, 1.54) is 7.11 Å². The lowest BCUT2D eigenvalue weighted by molar-refractivity contribution is 0.153. The summed E-state index contributed by atoms with van der Waals surface area (Å²) < 4.78 is 10.4. The van der Waals surface area contributed by atoms with E-state index in [0.717, 1.165) is 0 Å². The van der Waals surface area contributed by atoms with E-state index in [0.29, 0.717) is 23.4 Å². The van der Waals surface area contributed by atoms with Crippen LogP contribution in [0.15, 0.2) is 29.3 Å². The van der Waals surface area contributed by atoms with Crippen molar-refractivity contribution in [2.45, 2.75) is 19.4 Å². The summed E-state index contributed by atoms with van der Waals surface area (Å²) in [4.78, 5) is 14.8. The minimum Gasteiger partial charge on any atom is -0.512 e. The first-order valence-electron chi connectivity index (χ1n) is 6.67. The number of hydrogen-bond donors (Lipinski definition) is 2. The SMILES string of the molecule is CCC(O)=C(CN)c1cc(OCC(COC)N=O)ccn1. The first-order valence-corrected chi connectivity index (χ1v) is 6.67. The average Bonchev–Trinajstić information content (AvgIpc) is 2.52. The number of aliphatic hydroxyl groups is 1. The Kier molecular flexibility index (Phi) is 7.34. The summed E-state index contributed by atoms with van der Waals surface area (Å²) in [5.74, 6) is 0.730. The molecule has 1 atom stereocenters. The van der Waals surface area contributed by atoms with Crippen molar-refractivity contribution >= 4 is 5.57 Å². The summed E-state index contributed by atoms with van der Waals surface area (Å²) >= 11 is 0. The summed E-state index contributed by atoms with van der Waals surface area (Å²) in [6.07, 6.45) is 2.03. The van der Waals surface area contributed by atoms with Gasteiger partial charge in [-0.2, -0.15) is 4.91 Å². The lowest BCUT2D eigenvalue weighted by atomic mass is 10.1. The third kappa shape index (κ3) is 5.13. The number of rotatable bonds is 9. The Hall–Kier alpha value is -1.99. The van der Waals surface area contributed by atoms with Crippen LogP contribution in [-0.2, 0) is 4.74 Å². The first kappa shape index (κ1) is 17.1. The van der Waals surface area contributed by atoms with Crippen LogP contribution in [0.4, 0.5) is 0 Å². The standard InChI is InChI=1S/C14H21N3O4/c1-3-14(18)12(7-15)13-6-11(4-5-16-13)21-9-10(17-19)8-20-2/h4-6,10,18H,3,7-9,15H2,1-2H3. The van der Waals surface area contributed by atoms with E-state index in [1.807, 2.05) is 6.92 Å². The van der Waals surface area contributed by atoms with Gasteiger partial charge in [0.25, 0.3) is 0 Å². The second-order valence-corrected chi connectivity index (χ2v) is 4.39. The van der Waals surface area contributed by atoms with E-state index < -0.39 is 6.04 Å². The molecule has 0 bridgehead atoms. The first-order chi connectivity index (χ1) is 10.2. The number of aromatic nitrogens is 1. The van der Waals surface area contributed by atoms with Crippen molar-refractivity contribution < 1.29 is 14.6 Å². The maximum atomic E-state index is 10.6. The number of allylic oxidation sites excluding steroid dienone is 1. The molecule has 0 amide bonds. The third-order valence-electron chi connectivity index (χ3n) is 2.88. The molecule has 1 rings (SSSR count). The van der Waals surface area contributed by atoms with Crippen LogP contribution in [0.5, 0.6) is 5.75 Å². The minimum atomic E-state index is -0.569. The van der Waals surface area contributed by atoms with Gasteiger partial charge >= 0.3 is 0 Å². The topological polar surface area (TPSA) is 107 Å². The summed E-state index contributed by atoms with van der Waals surface area (Å²) in [6.45, 7) is 2.32. The van der Waals surface area contributed by atoms with Crippen molar-refractivity contribution in [3.05, 3.63) is 34.7 Å². The Morgan fingerprint density at radius 3 is 2.86 bits per heavy atom. The Labute approximate surface area is 123 Å². The summed E-state index contributed by atoms with van der Waals surface area (Å²) in [5.41, 5.74) is 6.77. The van der Waals surface area contributed by atoms with Crippen molar-refractivity contribution in [1.29, 1.82) is 0 Å². The number of methoxy groups -OCH3 is 1. The van der Waals surface area contributed by atoms with Crippen LogP contribution in [0.1, 0.15) is 19.0 Å². The molecule has 0 saturated carbocycles. The van der Waals surface area contributed by atoms with Gasteiger partial charge < -0.3 is 20.3 Å². The van der Waals surface area contributed by atoms with E-state index in [1.54, 1.807) is 18.3 Å². The zero-order chi connectivity index (χ0) is 15.7. The fraction of sp³-hybridized carbons (Fsp3) is 0.500. The molecule has 0 spiro atoms. The predicted octanol–water partition coefficient (Wildman–Crippen LogP) is 1.88. The van der Waals surface area contributed by atoms with Gasteiger partial charge in [0.1, 0.15) is 18.4 Å². The molecule has 0 aliphatic rings. The van der Waals surface area contributed by atoms with Gasteiger partial charge in [-0.25, -0.2) is 0 Å². The minimum absolute atomic E-state index is 0.113. The lowest BCUT2D eigenvalue weighted by Crippen LogP contribution is -2.20. The second kappa shape index (κ2) is 9.04. The van der Waals surface area contributed by atoms with Crippen molar-refractivity contribution in [2.75, 3.05) is 26.9 Å². The number of nitroso groups, excluding NO2 is 1. The molecule has 7 heteroatoms. The number of nitrogens with two attached hydrogens (primary N) is 1. The van der Waals surface area contributed by atoms with Gasteiger partial charge in [-0.1, -0.05) is 12.1 Å². The Balaban J connectivity index is 2.83. The number of ether oxygens (including phenoxy) is 2. The van der Waals surface area contributed by atoms with E-state index >= 15 is 0 Å². The number of aliphatic hydroxyl groups excluding tert-OH is 1. The van der Waals surface area contributed by atoms with Crippen LogP contribution in [0.25, 0.3) is 5.57 Å². The molecule has 0 aromatic carbocycles. The Morgan fingerprint density at radius 2 is 2.29 bits per heavy atom. The van der Waals surface area contributed by atoms with Crippen LogP contribution < -0.4 is 10.5 Å². The van der Waals surface area contributed by atoms with Gasteiger partial charge in [0.15, 0.2) is 0 Å². The van der Waals surface area contributed by atoms with Crippen LogP contribution in [0.2, 0.25) is 0 Å². The molecule has 3 N–H and O–H groups in total. The van der Waals surface area contributed by atoms with E-state index in [4.69, 9.17) is 15.2 Å². The average molecular weight is 295 g/mol. The largest absolute Gasteiger partial charge is 0.512 e. The zero-order valence-corrected chi connectivity index (χ0v) is 12.3. The van der Waals surface area contributed by atoms with Gasteiger partial charge in [0.2, 0.25) is 0 Å². The number of nitrogens with zero attached hydrogens (tertiary/aromatic N) is 2. The highest BCUT2D eigenvalue weighted by atomic mass is 16.5. The summed E-state index contributed by atoms with van der Waals surface area (Å²) in [7, 11) is 1.49. The van der Waals surface area contributed by atoms with Crippen molar-refractivity contribution in [3.63, 3.8) is 0 Å². The van der Waals surface area contributed by atoms with E-state index in [2.05, 4.69) is 10.2 Å². The molecule has 1 unspecified atom stereocenters. The Morgan fingerprint density at radius 1 is 1.52 bits per heavy atom. The predicted molar refractivity (Wildman–Crippen MR) is 80.1 cm³/mol. The van der Waals surface area contributed by atoms with Crippen molar-refractivity contribution in [2.24, 2.45) is 10.9 Å². The zero-order valence-electron chi connectivity index (χ0n) is 12.3. The Bertz CT molecular complexity index is 491. The van der Waals surface area contributed by atoms with Gasteiger partial charge in [-0.15, -0.1) is 0 Å². The summed E-state index contributed by atoms with van der Waals surface area (Å²) in [5, 5.41) is 12.8. The molecule has 0 saturated heterocycles.